The van der Waals surface area contributed by atoms with Crippen LogP contribution in [-0.4, -0.2) is 35.6 Å². The molecule has 0 spiro atoms. The number of hydrogen-bond acceptors (Lipinski definition) is 3. The SMILES string of the molecule is CCCCN(CCCC(=O)O)C1=CC=CCN1. The first-order valence-corrected chi connectivity index (χ1v) is 6.31. The van der Waals surface area contributed by atoms with Crippen LogP contribution >= 0.6 is 0 Å². The van der Waals surface area contributed by atoms with E-state index in [9.17, 15) is 4.79 Å². The van der Waals surface area contributed by atoms with Crippen LogP contribution < -0.4 is 5.32 Å². The van der Waals surface area contributed by atoms with Crippen LogP contribution in [0.15, 0.2) is 24.0 Å². The Morgan fingerprint density at radius 3 is 2.82 bits per heavy atom. The zero-order chi connectivity index (χ0) is 12.5. The van der Waals surface area contributed by atoms with E-state index in [1.165, 1.54) is 0 Å². The summed E-state index contributed by atoms with van der Waals surface area (Å²) in [4.78, 5) is 12.8. The number of dihydropyridines is 1. The van der Waals surface area contributed by atoms with Crippen molar-refractivity contribution in [3.63, 3.8) is 0 Å². The van der Waals surface area contributed by atoms with Gasteiger partial charge >= 0.3 is 5.97 Å². The van der Waals surface area contributed by atoms with Gasteiger partial charge in [-0.05, 0) is 18.9 Å². The van der Waals surface area contributed by atoms with Gasteiger partial charge in [-0.25, -0.2) is 0 Å². The second kappa shape index (κ2) is 7.76. The van der Waals surface area contributed by atoms with Gasteiger partial charge in [0.25, 0.3) is 0 Å². The van der Waals surface area contributed by atoms with Gasteiger partial charge in [-0.2, -0.15) is 0 Å². The molecule has 17 heavy (non-hydrogen) atoms. The molecule has 0 unspecified atom stereocenters. The standard InChI is InChI=1S/C13H22N2O2/c1-2-3-10-15(11-6-8-13(16)17)12-7-4-5-9-14-12/h4-5,7,14H,2-3,6,8-11H2,1H3,(H,16,17). The first kappa shape index (κ1) is 13.6. The molecule has 0 amide bonds. The van der Waals surface area contributed by atoms with E-state index < -0.39 is 5.97 Å². The van der Waals surface area contributed by atoms with E-state index in [1.807, 2.05) is 6.08 Å². The molecule has 1 heterocycles. The number of nitrogens with zero attached hydrogens (tertiary/aromatic N) is 1. The molecule has 0 saturated carbocycles. The molecule has 4 heteroatoms. The lowest BCUT2D eigenvalue weighted by Crippen LogP contribution is -2.34. The molecule has 1 aliphatic heterocycles. The molecule has 0 aromatic carbocycles. The highest BCUT2D eigenvalue weighted by Gasteiger charge is 2.10. The van der Waals surface area contributed by atoms with Crippen molar-refractivity contribution >= 4 is 5.97 Å². The third kappa shape index (κ3) is 5.43. The largest absolute Gasteiger partial charge is 0.481 e. The van der Waals surface area contributed by atoms with Crippen molar-refractivity contribution in [1.29, 1.82) is 0 Å². The molecular weight excluding hydrogens is 216 g/mol. The van der Waals surface area contributed by atoms with Crippen LogP contribution in [0.1, 0.15) is 32.6 Å². The van der Waals surface area contributed by atoms with Gasteiger partial charge in [0.15, 0.2) is 0 Å². The van der Waals surface area contributed by atoms with E-state index in [0.717, 1.165) is 38.3 Å². The van der Waals surface area contributed by atoms with Gasteiger partial charge in [0.2, 0.25) is 0 Å². The number of nitrogens with one attached hydrogen (secondary N) is 1. The molecule has 0 bridgehead atoms. The number of carboxylic acids is 1. The minimum atomic E-state index is -0.717. The number of unbranched alkanes of at least 4 members (excludes halogenated alkanes) is 1. The molecule has 1 aliphatic rings. The highest BCUT2D eigenvalue weighted by atomic mass is 16.4. The van der Waals surface area contributed by atoms with Crippen LogP contribution in [0.3, 0.4) is 0 Å². The third-order valence-electron chi connectivity index (χ3n) is 2.73. The zero-order valence-electron chi connectivity index (χ0n) is 10.5. The Balaban J connectivity index is 2.44. The summed E-state index contributed by atoms with van der Waals surface area (Å²) in [6.45, 7) is 4.81. The fourth-order valence-corrected chi connectivity index (χ4v) is 1.79. The molecule has 0 aromatic heterocycles. The second-order valence-electron chi connectivity index (χ2n) is 4.20. The highest BCUT2D eigenvalue weighted by molar-refractivity contribution is 5.66. The van der Waals surface area contributed by atoms with Crippen LogP contribution in [0.2, 0.25) is 0 Å². The van der Waals surface area contributed by atoms with Gasteiger partial charge in [0.1, 0.15) is 5.82 Å². The molecule has 0 fully saturated rings. The minimum absolute atomic E-state index is 0.242. The predicted octanol–water partition coefficient (Wildman–Crippen LogP) is 1.95. The van der Waals surface area contributed by atoms with Crippen molar-refractivity contribution in [2.24, 2.45) is 0 Å². The van der Waals surface area contributed by atoms with Crippen molar-refractivity contribution in [2.45, 2.75) is 32.6 Å². The van der Waals surface area contributed by atoms with Gasteiger partial charge in [-0.3, -0.25) is 4.79 Å². The number of carbonyl (C=O) groups is 1. The minimum Gasteiger partial charge on any atom is -0.481 e. The monoisotopic (exact) mass is 238 g/mol. The Morgan fingerprint density at radius 1 is 1.47 bits per heavy atom. The summed E-state index contributed by atoms with van der Waals surface area (Å²) in [5.74, 6) is 0.400. The first-order valence-electron chi connectivity index (χ1n) is 6.31. The lowest BCUT2D eigenvalue weighted by Gasteiger charge is -2.28. The first-order chi connectivity index (χ1) is 8.24. The highest BCUT2D eigenvalue weighted by Crippen LogP contribution is 2.08. The van der Waals surface area contributed by atoms with Crippen LogP contribution in [-0.2, 0) is 4.79 Å². The van der Waals surface area contributed by atoms with Crippen molar-refractivity contribution in [3.05, 3.63) is 24.0 Å². The van der Waals surface area contributed by atoms with E-state index in [2.05, 4.69) is 29.3 Å². The van der Waals surface area contributed by atoms with Gasteiger partial charge in [-0.15, -0.1) is 0 Å². The maximum absolute atomic E-state index is 10.5. The average Bonchev–Trinajstić information content (AvgIpc) is 2.34. The van der Waals surface area contributed by atoms with Crippen molar-refractivity contribution in [3.8, 4) is 0 Å². The number of allylic oxidation sites excluding steroid dienone is 2. The quantitative estimate of drug-likeness (QED) is 0.678. The number of carboxylic acid groups (broad SMARTS) is 1. The fraction of sp³-hybridized carbons (Fsp3) is 0.615. The molecule has 0 saturated heterocycles. The summed E-state index contributed by atoms with van der Waals surface area (Å²) in [6.07, 6.45) is 9.39. The lowest BCUT2D eigenvalue weighted by atomic mass is 10.2. The maximum atomic E-state index is 10.5. The molecule has 96 valence electrons. The van der Waals surface area contributed by atoms with Crippen LogP contribution in [0.5, 0.6) is 0 Å². The zero-order valence-corrected chi connectivity index (χ0v) is 10.5. The van der Waals surface area contributed by atoms with Crippen molar-refractivity contribution in [2.75, 3.05) is 19.6 Å². The van der Waals surface area contributed by atoms with E-state index in [1.54, 1.807) is 0 Å². The Bertz CT molecular complexity index is 298. The van der Waals surface area contributed by atoms with E-state index in [-0.39, 0.29) is 6.42 Å². The Labute approximate surface area is 103 Å². The molecule has 0 radical (unpaired) electrons. The summed E-state index contributed by atoms with van der Waals surface area (Å²) in [5, 5.41) is 12.0. The fourth-order valence-electron chi connectivity index (χ4n) is 1.79. The van der Waals surface area contributed by atoms with E-state index >= 15 is 0 Å². The Kier molecular flexibility index (Phi) is 6.22. The van der Waals surface area contributed by atoms with Crippen LogP contribution in [0, 0.1) is 0 Å². The Hall–Kier alpha value is -1.45. The van der Waals surface area contributed by atoms with Crippen LogP contribution in [0.4, 0.5) is 0 Å². The third-order valence-corrected chi connectivity index (χ3v) is 2.73. The molecule has 4 nitrogen and oxygen atoms in total. The van der Waals surface area contributed by atoms with Crippen LogP contribution in [0.25, 0.3) is 0 Å². The molecular formula is C13H22N2O2. The maximum Gasteiger partial charge on any atom is 0.303 e. The van der Waals surface area contributed by atoms with Gasteiger partial charge < -0.3 is 15.3 Å². The normalized spacial score (nSPS) is 14.1. The summed E-state index contributed by atoms with van der Waals surface area (Å²) >= 11 is 0. The van der Waals surface area contributed by atoms with Gasteiger partial charge in [0, 0.05) is 26.1 Å². The smallest absolute Gasteiger partial charge is 0.303 e. The summed E-state index contributed by atoms with van der Waals surface area (Å²) < 4.78 is 0. The van der Waals surface area contributed by atoms with Crippen molar-refractivity contribution in [1.82, 2.24) is 10.2 Å². The summed E-state index contributed by atoms with van der Waals surface area (Å²) in [6, 6.07) is 0. The van der Waals surface area contributed by atoms with E-state index in [0.29, 0.717) is 6.42 Å². The van der Waals surface area contributed by atoms with E-state index in [4.69, 9.17) is 5.11 Å². The van der Waals surface area contributed by atoms with Gasteiger partial charge in [0.05, 0.1) is 0 Å². The number of aliphatic carboxylic acids is 1. The molecule has 2 N–H and O–H groups in total. The predicted molar refractivity (Wildman–Crippen MR) is 68.6 cm³/mol. The molecule has 0 aromatic rings. The van der Waals surface area contributed by atoms with Gasteiger partial charge in [-0.1, -0.05) is 25.5 Å². The number of rotatable bonds is 8. The second-order valence-corrected chi connectivity index (χ2v) is 4.20. The summed E-state index contributed by atoms with van der Waals surface area (Å²) in [5.41, 5.74) is 0. The lowest BCUT2D eigenvalue weighted by molar-refractivity contribution is -0.137. The topological polar surface area (TPSA) is 52.6 Å². The Morgan fingerprint density at radius 2 is 2.24 bits per heavy atom. The molecule has 0 aliphatic carbocycles. The molecule has 1 rings (SSSR count). The summed E-state index contributed by atoms with van der Waals surface area (Å²) in [7, 11) is 0. The van der Waals surface area contributed by atoms with Crippen molar-refractivity contribution < 1.29 is 9.90 Å². The molecule has 0 atom stereocenters. The number of hydrogen-bond donors (Lipinski definition) is 2. The average molecular weight is 238 g/mol.